The van der Waals surface area contributed by atoms with Crippen LogP contribution < -0.4 is 5.32 Å². The molecule has 0 saturated carbocycles. The number of hydrogen-bond donors (Lipinski definition) is 3. The maximum Gasteiger partial charge on any atom is 0.335 e. The Morgan fingerprint density at radius 1 is 1.32 bits per heavy atom. The number of carbonyl (C=O) groups excluding carboxylic acids is 1. The SMILES string of the molecule is Cc1[nH]ncc1C(=O)NCc1ccc(C(=O)O)cc1. The lowest BCUT2D eigenvalue weighted by Crippen LogP contribution is -2.23. The summed E-state index contributed by atoms with van der Waals surface area (Å²) in [7, 11) is 0. The Morgan fingerprint density at radius 3 is 2.53 bits per heavy atom. The van der Waals surface area contributed by atoms with Gasteiger partial charge in [-0.3, -0.25) is 9.89 Å². The van der Waals surface area contributed by atoms with Crippen LogP contribution in [0, 0.1) is 6.92 Å². The van der Waals surface area contributed by atoms with E-state index in [0.29, 0.717) is 17.8 Å². The van der Waals surface area contributed by atoms with Gasteiger partial charge in [-0.1, -0.05) is 12.1 Å². The number of aromatic amines is 1. The van der Waals surface area contributed by atoms with Gasteiger partial charge in [-0.2, -0.15) is 5.10 Å². The maximum absolute atomic E-state index is 11.8. The Hall–Kier alpha value is -2.63. The number of aromatic nitrogens is 2. The smallest absolute Gasteiger partial charge is 0.335 e. The molecular weight excluding hydrogens is 246 g/mol. The highest BCUT2D eigenvalue weighted by molar-refractivity contribution is 5.94. The Balaban J connectivity index is 1.97. The third-order valence-corrected chi connectivity index (χ3v) is 2.73. The highest BCUT2D eigenvalue weighted by Crippen LogP contribution is 2.06. The van der Waals surface area contributed by atoms with Crippen LogP contribution in [0.4, 0.5) is 0 Å². The summed E-state index contributed by atoms with van der Waals surface area (Å²) in [6, 6.07) is 6.36. The van der Waals surface area contributed by atoms with Crippen molar-refractivity contribution in [2.45, 2.75) is 13.5 Å². The van der Waals surface area contributed by atoms with Crippen LogP contribution in [0.1, 0.15) is 32.0 Å². The van der Waals surface area contributed by atoms with Crippen molar-refractivity contribution in [1.29, 1.82) is 0 Å². The summed E-state index contributed by atoms with van der Waals surface area (Å²) >= 11 is 0. The standard InChI is InChI=1S/C13H13N3O3/c1-8-11(7-15-16-8)12(17)14-6-9-2-4-10(5-3-9)13(18)19/h2-5,7H,6H2,1H3,(H,14,17)(H,15,16)(H,18,19). The Morgan fingerprint density at radius 2 is 2.00 bits per heavy atom. The number of carbonyl (C=O) groups is 2. The van der Waals surface area contributed by atoms with E-state index in [4.69, 9.17) is 5.11 Å². The van der Waals surface area contributed by atoms with Crippen molar-refractivity contribution in [3.05, 3.63) is 52.8 Å². The summed E-state index contributed by atoms with van der Waals surface area (Å²) in [5, 5.41) is 18.0. The van der Waals surface area contributed by atoms with E-state index in [1.165, 1.54) is 18.3 Å². The number of amides is 1. The molecule has 0 spiro atoms. The predicted molar refractivity (Wildman–Crippen MR) is 67.9 cm³/mol. The van der Waals surface area contributed by atoms with E-state index < -0.39 is 5.97 Å². The lowest BCUT2D eigenvalue weighted by atomic mass is 10.1. The topological polar surface area (TPSA) is 95.1 Å². The van der Waals surface area contributed by atoms with Crippen LogP contribution in [0.3, 0.4) is 0 Å². The molecule has 0 saturated heterocycles. The minimum absolute atomic E-state index is 0.214. The van der Waals surface area contributed by atoms with E-state index in [0.717, 1.165) is 5.56 Å². The molecule has 1 amide bonds. The normalized spacial score (nSPS) is 10.2. The second kappa shape index (κ2) is 5.34. The number of H-pyrrole nitrogens is 1. The Kier molecular flexibility index (Phi) is 3.61. The van der Waals surface area contributed by atoms with E-state index in [-0.39, 0.29) is 11.5 Å². The number of nitrogens with one attached hydrogen (secondary N) is 2. The van der Waals surface area contributed by atoms with Gasteiger partial charge in [-0.15, -0.1) is 0 Å². The average Bonchev–Trinajstić information content (AvgIpc) is 2.83. The van der Waals surface area contributed by atoms with Gasteiger partial charge < -0.3 is 10.4 Å². The summed E-state index contributed by atoms with van der Waals surface area (Å²) in [6.45, 7) is 2.10. The number of carboxylic acid groups (broad SMARTS) is 1. The highest BCUT2D eigenvalue weighted by atomic mass is 16.4. The van der Waals surface area contributed by atoms with E-state index in [2.05, 4.69) is 15.5 Å². The lowest BCUT2D eigenvalue weighted by Gasteiger charge is -2.05. The molecule has 0 aliphatic carbocycles. The van der Waals surface area contributed by atoms with E-state index in [1.807, 2.05) is 0 Å². The summed E-state index contributed by atoms with van der Waals surface area (Å²) in [6.07, 6.45) is 1.47. The van der Waals surface area contributed by atoms with Crippen molar-refractivity contribution in [2.24, 2.45) is 0 Å². The van der Waals surface area contributed by atoms with Crippen LogP contribution in [-0.4, -0.2) is 27.2 Å². The van der Waals surface area contributed by atoms with Crippen molar-refractivity contribution in [2.75, 3.05) is 0 Å². The molecule has 0 aliphatic heterocycles. The molecule has 0 bridgehead atoms. The van der Waals surface area contributed by atoms with Crippen LogP contribution in [0.15, 0.2) is 30.5 Å². The minimum atomic E-state index is -0.968. The van der Waals surface area contributed by atoms with Crippen LogP contribution in [-0.2, 0) is 6.54 Å². The Labute approximate surface area is 109 Å². The largest absolute Gasteiger partial charge is 0.478 e. The third-order valence-electron chi connectivity index (χ3n) is 2.73. The highest BCUT2D eigenvalue weighted by Gasteiger charge is 2.10. The molecular formula is C13H13N3O3. The van der Waals surface area contributed by atoms with Crippen LogP contribution >= 0.6 is 0 Å². The number of hydrogen-bond acceptors (Lipinski definition) is 3. The molecule has 1 heterocycles. The molecule has 0 aliphatic rings. The molecule has 98 valence electrons. The zero-order valence-electron chi connectivity index (χ0n) is 10.3. The molecule has 19 heavy (non-hydrogen) atoms. The summed E-state index contributed by atoms with van der Waals surface area (Å²) in [5.41, 5.74) is 2.26. The lowest BCUT2D eigenvalue weighted by molar-refractivity contribution is 0.0696. The fourth-order valence-electron chi connectivity index (χ4n) is 1.62. The van der Waals surface area contributed by atoms with E-state index >= 15 is 0 Å². The zero-order chi connectivity index (χ0) is 13.8. The molecule has 1 aromatic heterocycles. The first-order chi connectivity index (χ1) is 9.08. The summed E-state index contributed by atoms with van der Waals surface area (Å²) in [4.78, 5) is 22.5. The van der Waals surface area contributed by atoms with Crippen LogP contribution in [0.5, 0.6) is 0 Å². The molecule has 2 aromatic rings. The number of carboxylic acids is 1. The molecule has 3 N–H and O–H groups in total. The number of nitrogens with zero attached hydrogens (tertiary/aromatic N) is 1. The second-order valence-electron chi connectivity index (χ2n) is 4.09. The van der Waals surface area contributed by atoms with Gasteiger partial charge in [0.25, 0.3) is 5.91 Å². The van der Waals surface area contributed by atoms with Gasteiger partial charge in [-0.25, -0.2) is 4.79 Å². The molecule has 6 nitrogen and oxygen atoms in total. The minimum Gasteiger partial charge on any atom is -0.478 e. The predicted octanol–water partition coefficient (Wildman–Crippen LogP) is 1.35. The summed E-state index contributed by atoms with van der Waals surface area (Å²) in [5.74, 6) is -1.18. The molecule has 0 atom stereocenters. The third kappa shape index (κ3) is 2.98. The maximum atomic E-state index is 11.8. The first-order valence-corrected chi connectivity index (χ1v) is 5.68. The van der Waals surface area contributed by atoms with Gasteiger partial charge in [-0.05, 0) is 24.6 Å². The quantitative estimate of drug-likeness (QED) is 0.772. The summed E-state index contributed by atoms with van der Waals surface area (Å²) < 4.78 is 0. The van der Waals surface area contributed by atoms with Gasteiger partial charge in [0.15, 0.2) is 0 Å². The van der Waals surface area contributed by atoms with Crippen molar-refractivity contribution in [3.63, 3.8) is 0 Å². The second-order valence-corrected chi connectivity index (χ2v) is 4.09. The zero-order valence-corrected chi connectivity index (χ0v) is 10.3. The van der Waals surface area contributed by atoms with E-state index in [9.17, 15) is 9.59 Å². The van der Waals surface area contributed by atoms with Crippen molar-refractivity contribution >= 4 is 11.9 Å². The van der Waals surface area contributed by atoms with Crippen molar-refractivity contribution < 1.29 is 14.7 Å². The number of aryl methyl sites for hydroxylation is 1. The van der Waals surface area contributed by atoms with Gasteiger partial charge in [0.2, 0.25) is 0 Å². The fraction of sp³-hybridized carbons (Fsp3) is 0.154. The van der Waals surface area contributed by atoms with Gasteiger partial charge in [0.05, 0.1) is 17.3 Å². The molecule has 0 radical (unpaired) electrons. The Bertz CT molecular complexity index is 602. The fourth-order valence-corrected chi connectivity index (χ4v) is 1.62. The first-order valence-electron chi connectivity index (χ1n) is 5.68. The van der Waals surface area contributed by atoms with Gasteiger partial charge >= 0.3 is 5.97 Å². The van der Waals surface area contributed by atoms with Crippen LogP contribution in [0.2, 0.25) is 0 Å². The number of aromatic carboxylic acids is 1. The number of rotatable bonds is 4. The van der Waals surface area contributed by atoms with E-state index in [1.54, 1.807) is 19.1 Å². The first kappa shape index (κ1) is 12.8. The molecule has 2 rings (SSSR count). The molecule has 0 unspecified atom stereocenters. The molecule has 1 aromatic carbocycles. The van der Waals surface area contributed by atoms with Gasteiger partial charge in [0.1, 0.15) is 0 Å². The number of benzene rings is 1. The monoisotopic (exact) mass is 259 g/mol. The van der Waals surface area contributed by atoms with Crippen molar-refractivity contribution in [3.8, 4) is 0 Å². The molecule has 0 fully saturated rings. The average molecular weight is 259 g/mol. The molecule has 6 heteroatoms. The van der Waals surface area contributed by atoms with Gasteiger partial charge in [0, 0.05) is 12.2 Å². The van der Waals surface area contributed by atoms with Crippen molar-refractivity contribution in [1.82, 2.24) is 15.5 Å². The van der Waals surface area contributed by atoms with Crippen LogP contribution in [0.25, 0.3) is 0 Å².